The van der Waals surface area contributed by atoms with Gasteiger partial charge in [0.15, 0.2) is 0 Å². The molecular weight excluding hydrogens is 425 g/mol. The van der Waals surface area contributed by atoms with Crippen molar-refractivity contribution >= 4 is 44.0 Å². The van der Waals surface area contributed by atoms with Crippen molar-refractivity contribution in [2.24, 2.45) is 0 Å². The third-order valence-electron chi connectivity index (χ3n) is 4.56. The molecule has 3 rings (SSSR count). The molecule has 1 aromatic carbocycles. The smallest absolute Gasteiger partial charge is 0.266 e. The summed E-state index contributed by atoms with van der Waals surface area (Å²) in [7, 11) is -4.13. The summed E-state index contributed by atoms with van der Waals surface area (Å²) >= 11 is 7.02. The summed E-state index contributed by atoms with van der Waals surface area (Å²) in [5.41, 5.74) is 0.383. The van der Waals surface area contributed by atoms with E-state index in [9.17, 15) is 12.8 Å². The molecule has 1 aliphatic heterocycles. The zero-order valence-corrected chi connectivity index (χ0v) is 17.7. The lowest BCUT2D eigenvalue weighted by Gasteiger charge is -2.14. The van der Waals surface area contributed by atoms with Crippen molar-refractivity contribution < 1.29 is 12.8 Å². The van der Waals surface area contributed by atoms with Gasteiger partial charge in [0.25, 0.3) is 10.0 Å². The summed E-state index contributed by atoms with van der Waals surface area (Å²) in [6.45, 7) is 4.18. The number of rotatable bonds is 10. The van der Waals surface area contributed by atoms with Gasteiger partial charge in [0.2, 0.25) is 5.13 Å². The van der Waals surface area contributed by atoms with Crippen molar-refractivity contribution in [3.63, 3.8) is 0 Å². The molecule has 2 aromatic rings. The molecule has 28 heavy (non-hydrogen) atoms. The highest BCUT2D eigenvalue weighted by Gasteiger charge is 2.22. The SMILES string of the molecule is O=S(=O)(Nc1ncns1)c1cc(Cl)c(NCCCCCN2CCCC2)cc1F. The molecule has 0 aliphatic carbocycles. The van der Waals surface area contributed by atoms with Crippen LogP contribution in [-0.4, -0.2) is 48.9 Å². The second-order valence-electron chi connectivity index (χ2n) is 6.65. The average Bonchev–Trinajstić information content (AvgIpc) is 3.34. The number of benzene rings is 1. The predicted molar refractivity (Wildman–Crippen MR) is 110 cm³/mol. The molecule has 0 spiro atoms. The normalized spacial score (nSPS) is 15.1. The monoisotopic (exact) mass is 447 g/mol. The average molecular weight is 448 g/mol. The molecule has 1 aliphatic rings. The van der Waals surface area contributed by atoms with E-state index in [1.54, 1.807) is 0 Å². The van der Waals surface area contributed by atoms with Crippen LogP contribution in [0.2, 0.25) is 5.02 Å². The van der Waals surface area contributed by atoms with Crippen LogP contribution in [0.5, 0.6) is 0 Å². The fraction of sp³-hybridized carbons (Fsp3) is 0.529. The van der Waals surface area contributed by atoms with E-state index in [0.717, 1.165) is 49.5 Å². The van der Waals surface area contributed by atoms with Crippen LogP contribution >= 0.6 is 23.1 Å². The minimum atomic E-state index is -4.13. The van der Waals surface area contributed by atoms with Crippen molar-refractivity contribution in [1.82, 2.24) is 14.3 Å². The molecule has 0 atom stereocenters. The highest BCUT2D eigenvalue weighted by molar-refractivity contribution is 7.93. The summed E-state index contributed by atoms with van der Waals surface area (Å²) in [4.78, 5) is 5.69. The number of halogens is 2. The molecule has 1 saturated heterocycles. The van der Waals surface area contributed by atoms with E-state index in [0.29, 0.717) is 12.2 Å². The fourth-order valence-corrected chi connectivity index (χ4v) is 5.17. The molecule has 154 valence electrons. The Hall–Kier alpha value is -1.49. The molecule has 1 aromatic heterocycles. The summed E-state index contributed by atoms with van der Waals surface area (Å²) in [6.07, 6.45) is 6.95. The zero-order valence-electron chi connectivity index (χ0n) is 15.3. The predicted octanol–water partition coefficient (Wildman–Crippen LogP) is 3.81. The quantitative estimate of drug-likeness (QED) is 0.538. The molecular formula is C17H23ClFN5O2S2. The lowest BCUT2D eigenvalue weighted by Crippen LogP contribution is -2.20. The van der Waals surface area contributed by atoms with Gasteiger partial charge in [-0.05, 0) is 57.5 Å². The van der Waals surface area contributed by atoms with E-state index >= 15 is 0 Å². The molecule has 1 fully saturated rings. The van der Waals surface area contributed by atoms with Crippen LogP contribution in [0, 0.1) is 5.82 Å². The van der Waals surface area contributed by atoms with Gasteiger partial charge in [-0.15, -0.1) is 0 Å². The van der Waals surface area contributed by atoms with E-state index in [1.807, 2.05) is 0 Å². The maximum Gasteiger partial charge on any atom is 0.266 e. The summed E-state index contributed by atoms with van der Waals surface area (Å²) in [6, 6.07) is 2.22. The van der Waals surface area contributed by atoms with Crippen LogP contribution in [0.1, 0.15) is 32.1 Å². The first-order valence-corrected chi connectivity index (χ1v) is 11.8. The number of unbranched alkanes of at least 4 members (excludes halogenated alkanes) is 2. The van der Waals surface area contributed by atoms with Crippen LogP contribution in [0.15, 0.2) is 23.4 Å². The molecule has 0 amide bonds. The Labute approximate surface area is 173 Å². The van der Waals surface area contributed by atoms with Crippen molar-refractivity contribution in [3.8, 4) is 0 Å². The van der Waals surface area contributed by atoms with Gasteiger partial charge in [-0.2, -0.15) is 4.37 Å². The number of anilines is 2. The van der Waals surface area contributed by atoms with Gasteiger partial charge in [0, 0.05) is 18.1 Å². The third kappa shape index (κ3) is 5.76. The number of nitrogens with zero attached hydrogens (tertiary/aromatic N) is 3. The molecule has 0 unspecified atom stereocenters. The topological polar surface area (TPSA) is 87.2 Å². The van der Waals surface area contributed by atoms with Gasteiger partial charge >= 0.3 is 0 Å². The first kappa shape index (κ1) is 21.2. The maximum atomic E-state index is 14.4. The van der Waals surface area contributed by atoms with Crippen molar-refractivity contribution in [2.45, 2.75) is 37.0 Å². The van der Waals surface area contributed by atoms with E-state index in [-0.39, 0.29) is 10.2 Å². The standard InChI is InChI=1S/C17H23ClFN5O2S2/c18-13-10-16(28(25,26)23-17-21-12-22-27-17)14(19)11-15(13)20-6-2-1-3-7-24-8-4-5-9-24/h10-12,20H,1-9H2,(H,21,22,23). The second kappa shape index (κ2) is 9.82. The molecule has 11 heteroatoms. The summed E-state index contributed by atoms with van der Waals surface area (Å²) in [5, 5.41) is 3.30. The highest BCUT2D eigenvalue weighted by Crippen LogP contribution is 2.29. The second-order valence-corrected chi connectivity index (χ2v) is 9.49. The first-order chi connectivity index (χ1) is 13.5. The number of likely N-dealkylation sites (tertiary alicyclic amines) is 1. The van der Waals surface area contributed by atoms with E-state index < -0.39 is 20.7 Å². The Morgan fingerprint density at radius 3 is 2.71 bits per heavy atom. The Bertz CT molecular complexity index is 874. The number of hydrogen-bond donors (Lipinski definition) is 2. The summed E-state index contributed by atoms with van der Waals surface area (Å²) < 4.78 is 44.9. The van der Waals surface area contributed by atoms with Gasteiger partial charge < -0.3 is 10.2 Å². The van der Waals surface area contributed by atoms with Crippen molar-refractivity contribution in [2.75, 3.05) is 36.2 Å². The Kier molecular flexibility index (Phi) is 7.44. The molecule has 0 radical (unpaired) electrons. The molecule has 2 N–H and O–H groups in total. The third-order valence-corrected chi connectivity index (χ3v) is 6.94. The van der Waals surface area contributed by atoms with E-state index in [2.05, 4.69) is 24.3 Å². The van der Waals surface area contributed by atoms with Crippen LogP contribution in [0.3, 0.4) is 0 Å². The van der Waals surface area contributed by atoms with Crippen LogP contribution in [-0.2, 0) is 10.0 Å². The zero-order chi connectivity index (χ0) is 20.0. The highest BCUT2D eigenvalue weighted by atomic mass is 35.5. The van der Waals surface area contributed by atoms with Crippen molar-refractivity contribution in [1.29, 1.82) is 0 Å². The molecule has 0 saturated carbocycles. The van der Waals surface area contributed by atoms with Gasteiger partial charge in [-0.3, -0.25) is 4.72 Å². The lowest BCUT2D eigenvalue weighted by atomic mass is 10.2. The minimum absolute atomic E-state index is 0.0617. The molecule has 7 nitrogen and oxygen atoms in total. The number of hydrogen-bond acceptors (Lipinski definition) is 7. The number of sulfonamides is 1. The Morgan fingerprint density at radius 2 is 2.00 bits per heavy atom. The Morgan fingerprint density at radius 1 is 1.21 bits per heavy atom. The van der Waals surface area contributed by atoms with Gasteiger partial charge in [-0.25, -0.2) is 17.8 Å². The largest absolute Gasteiger partial charge is 0.384 e. The van der Waals surface area contributed by atoms with Crippen LogP contribution < -0.4 is 10.0 Å². The van der Waals surface area contributed by atoms with Gasteiger partial charge in [-0.1, -0.05) is 18.0 Å². The number of nitrogens with one attached hydrogen (secondary N) is 2. The number of aromatic nitrogens is 2. The lowest BCUT2D eigenvalue weighted by molar-refractivity contribution is 0.329. The van der Waals surface area contributed by atoms with Crippen LogP contribution in [0.25, 0.3) is 0 Å². The minimum Gasteiger partial charge on any atom is -0.384 e. The molecule has 2 heterocycles. The van der Waals surface area contributed by atoms with E-state index in [4.69, 9.17) is 11.6 Å². The van der Waals surface area contributed by atoms with Crippen molar-refractivity contribution in [3.05, 3.63) is 29.3 Å². The van der Waals surface area contributed by atoms with Gasteiger partial charge in [0.05, 0.1) is 10.7 Å². The summed E-state index contributed by atoms with van der Waals surface area (Å²) in [5.74, 6) is -0.877. The van der Waals surface area contributed by atoms with E-state index in [1.165, 1.54) is 32.3 Å². The van der Waals surface area contributed by atoms with Crippen LogP contribution in [0.4, 0.5) is 15.2 Å². The maximum absolute atomic E-state index is 14.4. The van der Waals surface area contributed by atoms with Gasteiger partial charge in [0.1, 0.15) is 17.0 Å². The Balaban J connectivity index is 1.51. The fourth-order valence-electron chi connectivity index (χ4n) is 3.12. The first-order valence-electron chi connectivity index (χ1n) is 9.20. The molecule has 0 bridgehead atoms.